The highest BCUT2D eigenvalue weighted by atomic mass is 79.9. The van der Waals surface area contributed by atoms with Crippen molar-refractivity contribution < 1.29 is 0 Å². The molecule has 2 N–H and O–H groups in total. The number of aromatic nitrogens is 2. The van der Waals surface area contributed by atoms with E-state index in [1.54, 1.807) is 6.20 Å². The fourth-order valence-electron chi connectivity index (χ4n) is 2.04. The van der Waals surface area contributed by atoms with E-state index in [2.05, 4.69) is 36.3 Å². The summed E-state index contributed by atoms with van der Waals surface area (Å²) in [5, 5.41) is 9.37. The van der Waals surface area contributed by atoms with Crippen LogP contribution in [0.25, 0.3) is 0 Å². The van der Waals surface area contributed by atoms with Gasteiger partial charge in [-0.1, -0.05) is 6.42 Å². The van der Waals surface area contributed by atoms with E-state index in [0.29, 0.717) is 4.47 Å². The van der Waals surface area contributed by atoms with Gasteiger partial charge in [0.1, 0.15) is 4.47 Å². The van der Waals surface area contributed by atoms with Crippen LogP contribution in [0, 0.1) is 0 Å². The van der Waals surface area contributed by atoms with Crippen molar-refractivity contribution in [3.63, 3.8) is 0 Å². The second-order valence-electron chi connectivity index (χ2n) is 4.26. The largest absolute Gasteiger partial charge is 0.381 e. The van der Waals surface area contributed by atoms with Gasteiger partial charge in [0.25, 0.3) is 5.56 Å². The highest BCUT2D eigenvalue weighted by molar-refractivity contribution is 9.10. The molecule has 0 unspecified atom stereocenters. The van der Waals surface area contributed by atoms with Crippen LogP contribution < -0.4 is 10.9 Å². The molecule has 2 heterocycles. The van der Waals surface area contributed by atoms with Gasteiger partial charge in [0.05, 0.1) is 11.9 Å². The molecule has 5 nitrogen and oxygen atoms in total. The molecule has 1 aromatic heterocycles. The molecule has 0 aliphatic carbocycles. The Kier molecular flexibility index (Phi) is 4.56. The first-order valence-corrected chi connectivity index (χ1v) is 6.76. The number of anilines is 1. The molecule has 94 valence electrons. The highest BCUT2D eigenvalue weighted by Gasteiger charge is 2.09. The van der Waals surface area contributed by atoms with E-state index < -0.39 is 0 Å². The van der Waals surface area contributed by atoms with E-state index in [0.717, 1.165) is 18.8 Å². The Hall–Kier alpha value is -0.880. The van der Waals surface area contributed by atoms with Gasteiger partial charge in [-0.2, -0.15) is 5.10 Å². The molecule has 0 aromatic carbocycles. The van der Waals surface area contributed by atoms with Gasteiger partial charge in [-0.05, 0) is 41.9 Å². The molecule has 1 aromatic rings. The van der Waals surface area contributed by atoms with Gasteiger partial charge in [-0.3, -0.25) is 4.79 Å². The molecule has 0 spiro atoms. The van der Waals surface area contributed by atoms with Crippen molar-refractivity contribution in [2.24, 2.45) is 0 Å². The topological polar surface area (TPSA) is 61.0 Å². The summed E-state index contributed by atoms with van der Waals surface area (Å²) in [4.78, 5) is 13.7. The van der Waals surface area contributed by atoms with Crippen LogP contribution in [-0.4, -0.2) is 41.3 Å². The minimum Gasteiger partial charge on any atom is -0.381 e. The molecule has 1 saturated heterocycles. The molecule has 17 heavy (non-hydrogen) atoms. The number of halogens is 1. The second-order valence-corrected chi connectivity index (χ2v) is 5.05. The summed E-state index contributed by atoms with van der Waals surface area (Å²) in [5.41, 5.74) is 0.554. The number of piperidine rings is 1. The molecule has 0 atom stereocenters. The average molecular weight is 301 g/mol. The van der Waals surface area contributed by atoms with Crippen molar-refractivity contribution in [1.29, 1.82) is 0 Å². The summed E-state index contributed by atoms with van der Waals surface area (Å²) < 4.78 is 0.520. The molecule has 0 bridgehead atoms. The molecule has 2 rings (SSSR count). The van der Waals surface area contributed by atoms with Gasteiger partial charge in [0.15, 0.2) is 0 Å². The first kappa shape index (κ1) is 12.6. The Morgan fingerprint density at radius 2 is 2.18 bits per heavy atom. The lowest BCUT2D eigenvalue weighted by Gasteiger charge is -2.26. The van der Waals surface area contributed by atoms with Gasteiger partial charge in [0.2, 0.25) is 0 Å². The van der Waals surface area contributed by atoms with Gasteiger partial charge < -0.3 is 10.2 Å². The zero-order valence-corrected chi connectivity index (χ0v) is 11.3. The molecule has 0 radical (unpaired) electrons. The predicted molar refractivity (Wildman–Crippen MR) is 71.3 cm³/mol. The maximum absolute atomic E-state index is 11.3. The molecular weight excluding hydrogens is 284 g/mol. The molecular formula is C11H17BrN4O. The van der Waals surface area contributed by atoms with Crippen molar-refractivity contribution in [2.75, 3.05) is 31.5 Å². The fraction of sp³-hybridized carbons (Fsp3) is 0.636. The maximum atomic E-state index is 11.3. The number of nitrogens with one attached hydrogen (secondary N) is 2. The summed E-state index contributed by atoms with van der Waals surface area (Å²) in [6.07, 6.45) is 5.58. The SMILES string of the molecule is O=c1[nH]ncc(NCCN2CCCCC2)c1Br. The smallest absolute Gasteiger partial charge is 0.280 e. The Balaban J connectivity index is 1.81. The van der Waals surface area contributed by atoms with Gasteiger partial charge in [0, 0.05) is 13.1 Å². The monoisotopic (exact) mass is 300 g/mol. The number of likely N-dealkylation sites (tertiary alicyclic amines) is 1. The first-order chi connectivity index (χ1) is 8.27. The number of hydrogen-bond acceptors (Lipinski definition) is 4. The Morgan fingerprint density at radius 1 is 1.41 bits per heavy atom. The highest BCUT2D eigenvalue weighted by Crippen LogP contribution is 2.15. The number of H-pyrrole nitrogens is 1. The quantitative estimate of drug-likeness (QED) is 0.883. The summed E-state index contributed by atoms with van der Waals surface area (Å²) in [5.74, 6) is 0. The minimum atomic E-state index is -0.201. The fourth-order valence-corrected chi connectivity index (χ4v) is 2.37. The minimum absolute atomic E-state index is 0.201. The van der Waals surface area contributed by atoms with Crippen LogP contribution in [0.2, 0.25) is 0 Å². The van der Waals surface area contributed by atoms with Crippen LogP contribution in [0.1, 0.15) is 19.3 Å². The second kappa shape index (κ2) is 6.16. The van der Waals surface area contributed by atoms with E-state index in [4.69, 9.17) is 0 Å². The zero-order chi connectivity index (χ0) is 12.1. The molecule has 0 amide bonds. The van der Waals surface area contributed by atoms with E-state index in [9.17, 15) is 4.79 Å². The summed E-state index contributed by atoms with van der Waals surface area (Å²) >= 11 is 3.25. The van der Waals surface area contributed by atoms with Crippen LogP contribution in [0.5, 0.6) is 0 Å². The number of hydrogen-bond donors (Lipinski definition) is 2. The molecule has 1 aliphatic rings. The van der Waals surface area contributed by atoms with Crippen LogP contribution in [0.15, 0.2) is 15.5 Å². The number of nitrogens with zero attached hydrogens (tertiary/aromatic N) is 2. The molecule has 1 aliphatic heterocycles. The molecule has 6 heteroatoms. The summed E-state index contributed by atoms with van der Waals surface area (Å²) in [6.45, 7) is 4.23. The van der Waals surface area contributed by atoms with E-state index in [1.165, 1.54) is 32.4 Å². The average Bonchev–Trinajstić information content (AvgIpc) is 2.36. The Labute approximate surface area is 109 Å². The lowest BCUT2D eigenvalue weighted by molar-refractivity contribution is 0.237. The van der Waals surface area contributed by atoms with Crippen molar-refractivity contribution in [2.45, 2.75) is 19.3 Å². The van der Waals surface area contributed by atoms with Gasteiger partial charge in [-0.25, -0.2) is 5.10 Å². The molecule has 1 fully saturated rings. The Morgan fingerprint density at radius 3 is 2.94 bits per heavy atom. The van der Waals surface area contributed by atoms with Crippen molar-refractivity contribution in [1.82, 2.24) is 15.1 Å². The van der Waals surface area contributed by atoms with E-state index >= 15 is 0 Å². The van der Waals surface area contributed by atoms with Crippen LogP contribution in [0.3, 0.4) is 0 Å². The van der Waals surface area contributed by atoms with Crippen molar-refractivity contribution >= 4 is 21.6 Å². The Bertz CT molecular complexity index is 414. The van der Waals surface area contributed by atoms with Crippen LogP contribution in [0.4, 0.5) is 5.69 Å². The van der Waals surface area contributed by atoms with Crippen LogP contribution >= 0.6 is 15.9 Å². The van der Waals surface area contributed by atoms with E-state index in [1.807, 2.05) is 0 Å². The van der Waals surface area contributed by atoms with Crippen molar-refractivity contribution in [3.05, 3.63) is 21.0 Å². The summed E-state index contributed by atoms with van der Waals surface area (Å²) in [7, 11) is 0. The lowest BCUT2D eigenvalue weighted by atomic mass is 10.1. The normalized spacial score (nSPS) is 17.0. The van der Waals surface area contributed by atoms with Crippen LogP contribution in [-0.2, 0) is 0 Å². The third-order valence-electron chi connectivity index (χ3n) is 2.99. The standard InChI is InChI=1S/C11H17BrN4O/c12-10-9(8-14-15-11(10)17)13-4-7-16-5-2-1-3-6-16/h8H,1-7H2,(H2,13,15,17). The maximum Gasteiger partial charge on any atom is 0.280 e. The molecule has 0 saturated carbocycles. The lowest BCUT2D eigenvalue weighted by Crippen LogP contribution is -2.33. The zero-order valence-electron chi connectivity index (χ0n) is 9.71. The third-order valence-corrected chi connectivity index (χ3v) is 3.78. The van der Waals surface area contributed by atoms with Gasteiger partial charge in [-0.15, -0.1) is 0 Å². The summed E-state index contributed by atoms with van der Waals surface area (Å²) in [6, 6.07) is 0. The van der Waals surface area contributed by atoms with Crippen molar-refractivity contribution in [3.8, 4) is 0 Å². The van der Waals surface area contributed by atoms with E-state index in [-0.39, 0.29) is 5.56 Å². The number of aromatic amines is 1. The first-order valence-electron chi connectivity index (χ1n) is 5.97. The third kappa shape index (κ3) is 3.54. The van der Waals surface area contributed by atoms with Gasteiger partial charge >= 0.3 is 0 Å². The predicted octanol–water partition coefficient (Wildman–Crippen LogP) is 1.43. The number of rotatable bonds is 4.